The number of phosphoric acid groups is 1. The molecule has 59 heavy (non-hydrogen) atoms. The van der Waals surface area contributed by atoms with Crippen molar-refractivity contribution in [2.45, 2.75) is 186 Å². The maximum absolute atomic E-state index is 12.7. The number of esters is 2. The van der Waals surface area contributed by atoms with E-state index in [4.69, 9.17) is 23.3 Å². The second-order valence-electron chi connectivity index (χ2n) is 16.8. The number of likely N-dealkylation sites (N-methyl/N-ethyl adjacent to an activating group) is 1. The second-order valence-corrected chi connectivity index (χ2v) is 18.2. The quantitative estimate of drug-likeness (QED) is 0.0148. The molecule has 0 aliphatic carbocycles. The summed E-state index contributed by atoms with van der Waals surface area (Å²) >= 11 is 0. The van der Waals surface area contributed by atoms with E-state index in [9.17, 15) is 19.0 Å². The molecule has 0 spiro atoms. The van der Waals surface area contributed by atoms with Crippen molar-refractivity contribution in [3.63, 3.8) is 0 Å². The van der Waals surface area contributed by atoms with Crippen molar-refractivity contribution in [3.05, 3.63) is 60.8 Å². The van der Waals surface area contributed by atoms with Gasteiger partial charge in [0.05, 0.1) is 40.0 Å². The normalized spacial score (nSPS) is 17.5. The van der Waals surface area contributed by atoms with Gasteiger partial charge < -0.3 is 32.6 Å². The molecule has 0 amide bonds. The van der Waals surface area contributed by atoms with Gasteiger partial charge in [-0.3, -0.25) is 14.2 Å². The van der Waals surface area contributed by atoms with Gasteiger partial charge >= 0.3 is 11.9 Å². The Hall–Kier alpha value is -2.33. The first-order valence-corrected chi connectivity index (χ1v) is 24.6. The molecule has 11 heteroatoms. The molecule has 0 aromatic heterocycles. The van der Waals surface area contributed by atoms with E-state index in [-0.39, 0.29) is 26.1 Å². The van der Waals surface area contributed by atoms with Gasteiger partial charge in [-0.15, -0.1) is 0 Å². The summed E-state index contributed by atoms with van der Waals surface area (Å²) in [5.74, 6) is -0.896. The van der Waals surface area contributed by atoms with Crippen LogP contribution < -0.4 is 4.89 Å². The predicted molar refractivity (Wildman–Crippen MR) is 240 cm³/mol. The van der Waals surface area contributed by atoms with E-state index in [1.807, 2.05) is 21.1 Å². The van der Waals surface area contributed by atoms with Crippen LogP contribution in [0.25, 0.3) is 0 Å². The van der Waals surface area contributed by atoms with Gasteiger partial charge in [0.1, 0.15) is 19.8 Å². The van der Waals surface area contributed by atoms with Crippen LogP contribution in [-0.2, 0) is 37.4 Å². The number of nitrogens with zero attached hydrogens (tertiary/aromatic N) is 1. The molecule has 3 unspecified atom stereocenters. The zero-order valence-corrected chi connectivity index (χ0v) is 38.8. The number of ether oxygens (including phenoxy) is 3. The Bertz CT molecular complexity index is 1260. The summed E-state index contributed by atoms with van der Waals surface area (Å²) < 4.78 is 39.7. The highest BCUT2D eigenvalue weighted by Crippen LogP contribution is 2.38. The van der Waals surface area contributed by atoms with Gasteiger partial charge in [-0.25, -0.2) is 0 Å². The second kappa shape index (κ2) is 36.3. The van der Waals surface area contributed by atoms with Gasteiger partial charge in [-0.05, 0) is 83.5 Å². The molecule has 0 bridgehead atoms. The maximum Gasteiger partial charge on any atom is 0.306 e. The molecule has 1 aliphatic rings. The summed E-state index contributed by atoms with van der Waals surface area (Å²) in [6, 6.07) is 0. The third kappa shape index (κ3) is 37.2. The number of rotatable bonds is 40. The highest BCUT2D eigenvalue weighted by Gasteiger charge is 2.36. The van der Waals surface area contributed by atoms with E-state index < -0.39 is 32.5 Å². The van der Waals surface area contributed by atoms with Crippen LogP contribution in [0.5, 0.6) is 0 Å². The van der Waals surface area contributed by atoms with E-state index >= 15 is 0 Å². The number of hydrogen-bond donors (Lipinski definition) is 0. The standard InChI is InChI=1S/C48H84NO9P/c1-6-8-10-11-12-13-14-15-16-17-18-19-20-21-22-23-27-30-34-38-47(50)54-42-44(43-56-59(52,53)55-41-40-49(3,4)5)57-48(51)39-35-31-28-25-24-26-29-33-37-46-45(58-46)36-32-9-7-2/h12-13,15-16,18-19,21-22,29,33,44-46H,6-11,14,17,20,23-28,30-32,34-43H2,1-5H3/b13-12-,16-15-,19-18-,22-21-,33-29-/t44-,45?,46?/m1/s1. The van der Waals surface area contributed by atoms with Crippen molar-refractivity contribution in [2.75, 3.05) is 47.5 Å². The lowest BCUT2D eigenvalue weighted by atomic mass is 10.1. The molecule has 1 fully saturated rings. The van der Waals surface area contributed by atoms with Crippen LogP contribution in [0.2, 0.25) is 0 Å². The monoisotopic (exact) mass is 850 g/mol. The van der Waals surface area contributed by atoms with Gasteiger partial charge in [0.2, 0.25) is 0 Å². The lowest BCUT2D eigenvalue weighted by Gasteiger charge is -2.28. The first kappa shape index (κ1) is 54.7. The van der Waals surface area contributed by atoms with E-state index in [2.05, 4.69) is 74.6 Å². The first-order valence-electron chi connectivity index (χ1n) is 23.1. The third-order valence-electron chi connectivity index (χ3n) is 9.93. The fourth-order valence-corrected chi connectivity index (χ4v) is 6.90. The van der Waals surface area contributed by atoms with Crippen LogP contribution in [-0.4, -0.2) is 82.2 Å². The van der Waals surface area contributed by atoms with E-state index in [0.29, 0.717) is 36.1 Å². The SMILES string of the molecule is CCCCC/C=C\C/C=C\C/C=C\C/C=C\CCCCCC(=O)OC[C@H](COP(=O)([O-])OCC[N+](C)(C)C)OC(=O)CCCCCCC/C=C\CC1OC1CCCCC. The number of quaternary nitrogens is 1. The Labute approximate surface area is 360 Å². The number of unbranched alkanes of at least 4 members (excludes halogenated alkanes) is 13. The minimum absolute atomic E-state index is 0.0442. The Morgan fingerprint density at radius 1 is 0.627 bits per heavy atom. The molecule has 0 aromatic carbocycles. The lowest BCUT2D eigenvalue weighted by Crippen LogP contribution is -2.37. The van der Waals surface area contributed by atoms with Gasteiger partial charge in [0.25, 0.3) is 7.82 Å². The zero-order valence-electron chi connectivity index (χ0n) is 37.9. The first-order chi connectivity index (χ1) is 28.5. The molecule has 1 rings (SSSR count). The zero-order chi connectivity index (χ0) is 43.3. The lowest BCUT2D eigenvalue weighted by molar-refractivity contribution is -0.870. The average Bonchev–Trinajstić information content (AvgIpc) is 3.94. The number of allylic oxidation sites excluding steroid dienone is 9. The third-order valence-corrected chi connectivity index (χ3v) is 10.9. The summed E-state index contributed by atoms with van der Waals surface area (Å²) in [6.07, 6.45) is 45.6. The van der Waals surface area contributed by atoms with Crippen molar-refractivity contribution >= 4 is 19.8 Å². The molecule has 340 valence electrons. The minimum Gasteiger partial charge on any atom is -0.756 e. The Morgan fingerprint density at radius 3 is 1.75 bits per heavy atom. The van der Waals surface area contributed by atoms with E-state index in [0.717, 1.165) is 77.0 Å². The summed E-state index contributed by atoms with van der Waals surface area (Å²) in [5, 5.41) is 0. The predicted octanol–water partition coefficient (Wildman–Crippen LogP) is 11.6. The molecule has 0 aromatic rings. The Kier molecular flexibility index (Phi) is 33.7. The van der Waals surface area contributed by atoms with Gasteiger partial charge in [-0.1, -0.05) is 132 Å². The van der Waals surface area contributed by atoms with Crippen LogP contribution in [0.1, 0.15) is 168 Å². The van der Waals surface area contributed by atoms with Crippen LogP contribution >= 0.6 is 7.82 Å². The molecule has 1 heterocycles. The van der Waals surface area contributed by atoms with Crippen molar-refractivity contribution in [1.29, 1.82) is 0 Å². The highest BCUT2D eigenvalue weighted by molar-refractivity contribution is 7.45. The van der Waals surface area contributed by atoms with Gasteiger partial charge in [0.15, 0.2) is 6.10 Å². The van der Waals surface area contributed by atoms with Crippen molar-refractivity contribution in [1.82, 2.24) is 0 Å². The summed E-state index contributed by atoms with van der Waals surface area (Å²) in [6.45, 7) is 4.09. The van der Waals surface area contributed by atoms with Crippen LogP contribution in [0.3, 0.4) is 0 Å². The minimum atomic E-state index is -4.64. The topological polar surface area (TPSA) is 124 Å². The number of hydrogen-bond acceptors (Lipinski definition) is 9. The van der Waals surface area contributed by atoms with Crippen LogP contribution in [0.15, 0.2) is 60.8 Å². The molecule has 4 atom stereocenters. The highest BCUT2D eigenvalue weighted by atomic mass is 31.2. The molecule has 0 N–H and O–H groups in total. The Balaban J connectivity index is 2.30. The number of phosphoric ester groups is 1. The van der Waals surface area contributed by atoms with Crippen molar-refractivity contribution in [2.24, 2.45) is 0 Å². The van der Waals surface area contributed by atoms with Crippen LogP contribution in [0.4, 0.5) is 0 Å². The van der Waals surface area contributed by atoms with Gasteiger partial charge in [0, 0.05) is 12.8 Å². The molecular weight excluding hydrogens is 765 g/mol. The summed E-state index contributed by atoms with van der Waals surface area (Å²) in [4.78, 5) is 37.6. The van der Waals surface area contributed by atoms with Crippen molar-refractivity contribution in [3.8, 4) is 0 Å². The van der Waals surface area contributed by atoms with E-state index in [1.54, 1.807) is 0 Å². The maximum atomic E-state index is 12.7. The molecular formula is C48H84NO9P. The molecule has 1 aliphatic heterocycles. The molecule has 0 radical (unpaired) electrons. The fourth-order valence-electron chi connectivity index (χ4n) is 6.17. The summed E-state index contributed by atoms with van der Waals surface area (Å²) in [5.41, 5.74) is 0. The molecule has 1 saturated heterocycles. The average molecular weight is 850 g/mol. The smallest absolute Gasteiger partial charge is 0.306 e. The summed E-state index contributed by atoms with van der Waals surface area (Å²) in [7, 11) is 1.12. The molecule has 10 nitrogen and oxygen atoms in total. The van der Waals surface area contributed by atoms with Gasteiger partial charge in [-0.2, -0.15) is 0 Å². The van der Waals surface area contributed by atoms with E-state index in [1.165, 1.54) is 51.4 Å². The van der Waals surface area contributed by atoms with Crippen molar-refractivity contribution < 1.29 is 46.8 Å². The Morgan fingerprint density at radius 2 is 1.14 bits per heavy atom. The number of carbonyl (C=O) groups is 2. The fraction of sp³-hybridized carbons (Fsp3) is 0.750. The number of carbonyl (C=O) groups excluding carboxylic acids is 2. The largest absolute Gasteiger partial charge is 0.756 e. The van der Waals surface area contributed by atoms with Crippen LogP contribution in [0, 0.1) is 0 Å². The molecule has 0 saturated carbocycles. The number of epoxide rings is 1.